The molecule has 5 heteroatoms. The summed E-state index contributed by atoms with van der Waals surface area (Å²) in [6.45, 7) is 7.36. The van der Waals surface area contributed by atoms with Crippen molar-refractivity contribution in [2.24, 2.45) is 0 Å². The molecule has 0 aliphatic carbocycles. The second-order valence-electron chi connectivity index (χ2n) is 3.46. The molecule has 2 heterocycles. The minimum absolute atomic E-state index is 0.212. The van der Waals surface area contributed by atoms with E-state index >= 15 is 0 Å². The summed E-state index contributed by atoms with van der Waals surface area (Å²) in [6.07, 6.45) is 0. The summed E-state index contributed by atoms with van der Waals surface area (Å²) in [4.78, 5) is 0. The van der Waals surface area contributed by atoms with Crippen LogP contribution in [0.4, 0.5) is 0 Å². The zero-order chi connectivity index (χ0) is 9.97. The molecule has 0 bridgehead atoms. The summed E-state index contributed by atoms with van der Waals surface area (Å²) in [5.74, 6) is 0. The predicted molar refractivity (Wildman–Crippen MR) is 52.0 cm³/mol. The average Bonchev–Trinajstić information content (AvgIpc) is 2.61. The minimum atomic E-state index is 0.212. The van der Waals surface area contributed by atoms with Crippen LogP contribution in [0, 0.1) is 6.92 Å². The van der Waals surface area contributed by atoms with Crippen molar-refractivity contribution in [1.82, 2.24) is 20.3 Å². The van der Waals surface area contributed by atoms with E-state index in [1.54, 1.807) is 0 Å². The van der Waals surface area contributed by atoms with E-state index in [0.29, 0.717) is 6.61 Å². The number of aryl methyl sites for hydroxylation is 1. The van der Waals surface area contributed by atoms with Gasteiger partial charge in [-0.25, -0.2) is 4.68 Å². The summed E-state index contributed by atoms with van der Waals surface area (Å²) >= 11 is 0. The normalized spacial score (nSPS) is 22.6. The van der Waals surface area contributed by atoms with Gasteiger partial charge in [0.15, 0.2) is 0 Å². The molecular weight excluding hydrogens is 180 g/mol. The van der Waals surface area contributed by atoms with Crippen molar-refractivity contribution in [3.05, 3.63) is 11.4 Å². The number of hydrogen-bond acceptors (Lipinski definition) is 4. The fourth-order valence-electron chi connectivity index (χ4n) is 1.74. The van der Waals surface area contributed by atoms with Crippen LogP contribution >= 0.6 is 0 Å². The van der Waals surface area contributed by atoms with Crippen LogP contribution in [-0.4, -0.2) is 34.8 Å². The second kappa shape index (κ2) is 4.06. The van der Waals surface area contributed by atoms with Crippen LogP contribution in [0.5, 0.6) is 0 Å². The molecule has 1 aromatic heterocycles. The van der Waals surface area contributed by atoms with Gasteiger partial charge in [0.2, 0.25) is 0 Å². The summed E-state index contributed by atoms with van der Waals surface area (Å²) in [6, 6.07) is 0.212. The van der Waals surface area contributed by atoms with Crippen molar-refractivity contribution in [1.29, 1.82) is 0 Å². The van der Waals surface area contributed by atoms with E-state index in [2.05, 4.69) is 29.5 Å². The van der Waals surface area contributed by atoms with Crippen molar-refractivity contribution in [2.75, 3.05) is 19.8 Å². The fourth-order valence-corrected chi connectivity index (χ4v) is 1.74. The lowest BCUT2D eigenvalue weighted by molar-refractivity contribution is 0.0753. The Hall–Kier alpha value is -0.940. The number of aromatic nitrogens is 3. The molecule has 0 amide bonds. The van der Waals surface area contributed by atoms with Crippen molar-refractivity contribution in [3.63, 3.8) is 0 Å². The van der Waals surface area contributed by atoms with Crippen LogP contribution in [0.25, 0.3) is 0 Å². The molecule has 1 aromatic rings. The van der Waals surface area contributed by atoms with Crippen LogP contribution in [0.15, 0.2) is 0 Å². The quantitative estimate of drug-likeness (QED) is 0.737. The number of nitrogens with zero attached hydrogens (tertiary/aromatic N) is 3. The second-order valence-corrected chi connectivity index (χ2v) is 3.46. The van der Waals surface area contributed by atoms with Crippen LogP contribution in [0.3, 0.4) is 0 Å². The van der Waals surface area contributed by atoms with Gasteiger partial charge in [0.25, 0.3) is 0 Å². The maximum atomic E-state index is 5.39. The molecule has 1 atom stereocenters. The van der Waals surface area contributed by atoms with Gasteiger partial charge < -0.3 is 10.1 Å². The number of nitrogens with one attached hydrogen (secondary N) is 1. The lowest BCUT2D eigenvalue weighted by atomic mass is 10.1. The number of morpholine rings is 1. The van der Waals surface area contributed by atoms with Crippen molar-refractivity contribution >= 4 is 0 Å². The lowest BCUT2D eigenvalue weighted by Gasteiger charge is -2.22. The third-order valence-corrected chi connectivity index (χ3v) is 2.57. The molecule has 0 spiro atoms. The molecule has 0 aromatic carbocycles. The first-order valence-corrected chi connectivity index (χ1v) is 5.04. The molecule has 1 aliphatic heterocycles. The lowest BCUT2D eigenvalue weighted by Crippen LogP contribution is -2.35. The summed E-state index contributed by atoms with van der Waals surface area (Å²) in [5.41, 5.74) is 2.15. The Bertz CT molecular complexity index is 304. The molecule has 5 nitrogen and oxygen atoms in total. The minimum Gasteiger partial charge on any atom is -0.378 e. The van der Waals surface area contributed by atoms with Gasteiger partial charge in [-0.15, -0.1) is 5.10 Å². The van der Waals surface area contributed by atoms with Gasteiger partial charge in [-0.3, -0.25) is 0 Å². The maximum Gasteiger partial charge on any atom is 0.105 e. The summed E-state index contributed by atoms with van der Waals surface area (Å²) in [5, 5.41) is 11.6. The zero-order valence-corrected chi connectivity index (χ0v) is 8.66. The van der Waals surface area contributed by atoms with Gasteiger partial charge in [-0.05, 0) is 13.8 Å². The SMILES string of the molecule is CCn1nnc(C2COCCN2)c1C. The van der Waals surface area contributed by atoms with Crippen molar-refractivity contribution < 1.29 is 4.74 Å². The molecule has 1 aliphatic rings. The van der Waals surface area contributed by atoms with E-state index in [-0.39, 0.29) is 6.04 Å². The summed E-state index contributed by atoms with van der Waals surface area (Å²) < 4.78 is 7.30. The highest BCUT2D eigenvalue weighted by molar-refractivity contribution is 5.13. The van der Waals surface area contributed by atoms with Gasteiger partial charge >= 0.3 is 0 Å². The van der Waals surface area contributed by atoms with Crippen LogP contribution in [0.1, 0.15) is 24.4 Å². The third-order valence-electron chi connectivity index (χ3n) is 2.57. The first-order chi connectivity index (χ1) is 6.83. The molecule has 1 saturated heterocycles. The monoisotopic (exact) mass is 196 g/mol. The predicted octanol–water partition coefficient (Wildman–Crippen LogP) is 0.267. The zero-order valence-electron chi connectivity index (χ0n) is 8.66. The van der Waals surface area contributed by atoms with E-state index < -0.39 is 0 Å². The van der Waals surface area contributed by atoms with Gasteiger partial charge in [0, 0.05) is 13.1 Å². The van der Waals surface area contributed by atoms with E-state index in [9.17, 15) is 0 Å². The average molecular weight is 196 g/mol. The largest absolute Gasteiger partial charge is 0.378 e. The molecule has 1 fully saturated rings. The molecule has 2 rings (SSSR count). The Morgan fingerprint density at radius 3 is 3.07 bits per heavy atom. The Balaban J connectivity index is 2.18. The molecule has 1 N–H and O–H groups in total. The summed E-state index contributed by atoms with van der Waals surface area (Å²) in [7, 11) is 0. The molecule has 1 unspecified atom stereocenters. The molecule has 14 heavy (non-hydrogen) atoms. The number of rotatable bonds is 2. The number of hydrogen-bond donors (Lipinski definition) is 1. The highest BCUT2D eigenvalue weighted by Gasteiger charge is 2.21. The van der Waals surface area contributed by atoms with E-state index in [1.807, 2.05) is 4.68 Å². The molecular formula is C9H16N4O. The molecule has 0 saturated carbocycles. The smallest absolute Gasteiger partial charge is 0.105 e. The standard InChI is InChI=1S/C9H16N4O/c1-3-13-7(2)9(11-12-13)8-6-14-5-4-10-8/h8,10H,3-6H2,1-2H3. The van der Waals surface area contributed by atoms with Gasteiger partial charge in [0.05, 0.1) is 24.9 Å². The maximum absolute atomic E-state index is 5.39. The van der Waals surface area contributed by atoms with Crippen LogP contribution in [-0.2, 0) is 11.3 Å². The van der Waals surface area contributed by atoms with Crippen LogP contribution < -0.4 is 5.32 Å². The Kier molecular flexibility index (Phi) is 2.79. The first kappa shape index (κ1) is 9.61. The Morgan fingerprint density at radius 1 is 1.64 bits per heavy atom. The van der Waals surface area contributed by atoms with Gasteiger partial charge in [-0.2, -0.15) is 0 Å². The first-order valence-electron chi connectivity index (χ1n) is 5.04. The Morgan fingerprint density at radius 2 is 2.50 bits per heavy atom. The van der Waals surface area contributed by atoms with Crippen molar-refractivity contribution in [2.45, 2.75) is 26.4 Å². The van der Waals surface area contributed by atoms with E-state index in [0.717, 1.165) is 31.1 Å². The highest BCUT2D eigenvalue weighted by atomic mass is 16.5. The van der Waals surface area contributed by atoms with Crippen molar-refractivity contribution in [3.8, 4) is 0 Å². The van der Waals surface area contributed by atoms with Crippen LogP contribution in [0.2, 0.25) is 0 Å². The van der Waals surface area contributed by atoms with E-state index in [4.69, 9.17) is 4.74 Å². The topological polar surface area (TPSA) is 52.0 Å². The molecule has 78 valence electrons. The third kappa shape index (κ3) is 1.65. The van der Waals surface area contributed by atoms with Gasteiger partial charge in [0.1, 0.15) is 5.69 Å². The Labute approximate surface area is 83.4 Å². The van der Waals surface area contributed by atoms with Gasteiger partial charge in [-0.1, -0.05) is 5.21 Å². The highest BCUT2D eigenvalue weighted by Crippen LogP contribution is 2.16. The fraction of sp³-hybridized carbons (Fsp3) is 0.778. The number of ether oxygens (including phenoxy) is 1. The van der Waals surface area contributed by atoms with E-state index in [1.165, 1.54) is 0 Å². The molecule has 0 radical (unpaired) electrons.